The van der Waals surface area contributed by atoms with E-state index >= 15 is 0 Å². The summed E-state index contributed by atoms with van der Waals surface area (Å²) in [5, 5.41) is 3.95. The minimum atomic E-state index is -0.0145. The van der Waals surface area contributed by atoms with Crippen LogP contribution in [0, 0.1) is 0 Å². The Morgan fingerprint density at radius 2 is 2.26 bits per heavy atom. The van der Waals surface area contributed by atoms with Crippen molar-refractivity contribution in [2.24, 2.45) is 0 Å². The van der Waals surface area contributed by atoms with Crippen molar-refractivity contribution in [3.63, 3.8) is 0 Å². The highest BCUT2D eigenvalue weighted by molar-refractivity contribution is 6.31. The number of halogens is 1. The number of fused-ring (bicyclic) bond motifs is 1. The predicted octanol–water partition coefficient (Wildman–Crippen LogP) is 2.45. The van der Waals surface area contributed by atoms with Crippen molar-refractivity contribution in [3.05, 3.63) is 23.2 Å². The summed E-state index contributed by atoms with van der Waals surface area (Å²) in [6.45, 7) is 5.88. The van der Waals surface area contributed by atoms with Crippen molar-refractivity contribution >= 4 is 23.2 Å². The molecule has 0 radical (unpaired) electrons. The number of ether oxygens (including phenoxy) is 1. The van der Waals surface area contributed by atoms with Gasteiger partial charge in [0.2, 0.25) is 0 Å². The van der Waals surface area contributed by atoms with E-state index < -0.39 is 0 Å². The normalized spacial score (nSPS) is 14.5. The van der Waals surface area contributed by atoms with Crippen LogP contribution in [0.4, 0.5) is 5.69 Å². The quantitative estimate of drug-likeness (QED) is 0.844. The Kier molecular flexibility index (Phi) is 4.66. The molecule has 0 fully saturated rings. The lowest BCUT2D eigenvalue weighted by molar-refractivity contribution is -0.121. The first-order valence-corrected chi connectivity index (χ1v) is 6.92. The van der Waals surface area contributed by atoms with Gasteiger partial charge in [-0.3, -0.25) is 4.79 Å². The van der Waals surface area contributed by atoms with Crippen LogP contribution in [0.5, 0.6) is 5.75 Å². The van der Waals surface area contributed by atoms with E-state index in [0.29, 0.717) is 17.6 Å². The van der Waals surface area contributed by atoms with E-state index in [9.17, 15) is 4.79 Å². The van der Waals surface area contributed by atoms with Gasteiger partial charge in [0.1, 0.15) is 5.75 Å². The average molecular weight is 283 g/mol. The first-order valence-electron chi connectivity index (χ1n) is 6.54. The largest absolute Gasteiger partial charge is 0.482 e. The molecule has 0 spiro atoms. The van der Waals surface area contributed by atoms with E-state index in [1.165, 1.54) is 0 Å². The molecule has 4 nitrogen and oxygen atoms in total. The zero-order chi connectivity index (χ0) is 13.8. The number of hydrogen-bond acceptors (Lipinski definition) is 3. The molecule has 1 aliphatic rings. The van der Waals surface area contributed by atoms with E-state index in [4.69, 9.17) is 16.3 Å². The molecule has 5 heteroatoms. The van der Waals surface area contributed by atoms with Crippen LogP contribution in [0.15, 0.2) is 18.2 Å². The summed E-state index contributed by atoms with van der Waals surface area (Å²) in [5.74, 6) is 0.708. The molecular formula is C14H19ClN2O2. The number of nitrogens with zero attached hydrogens (tertiary/aromatic N) is 1. The van der Waals surface area contributed by atoms with Crippen LogP contribution in [0.2, 0.25) is 5.02 Å². The molecule has 0 aliphatic carbocycles. The van der Waals surface area contributed by atoms with Crippen molar-refractivity contribution in [1.29, 1.82) is 0 Å². The van der Waals surface area contributed by atoms with Crippen LogP contribution < -0.4 is 15.0 Å². The minimum absolute atomic E-state index is 0.0145. The van der Waals surface area contributed by atoms with Crippen LogP contribution in [-0.4, -0.2) is 31.6 Å². The van der Waals surface area contributed by atoms with Crippen molar-refractivity contribution in [2.75, 3.05) is 24.6 Å². The maximum Gasteiger partial charge on any atom is 0.265 e. The van der Waals surface area contributed by atoms with Gasteiger partial charge in [-0.25, -0.2) is 0 Å². The molecule has 1 heterocycles. The van der Waals surface area contributed by atoms with Crippen molar-refractivity contribution < 1.29 is 9.53 Å². The van der Waals surface area contributed by atoms with Gasteiger partial charge in [-0.2, -0.15) is 0 Å². The molecule has 1 aliphatic heterocycles. The highest BCUT2D eigenvalue weighted by Gasteiger charge is 2.25. The molecule has 1 amide bonds. The smallest absolute Gasteiger partial charge is 0.265 e. The lowest BCUT2D eigenvalue weighted by atomic mass is 10.2. The van der Waals surface area contributed by atoms with Crippen LogP contribution in [0.25, 0.3) is 0 Å². The number of carbonyl (C=O) groups excluding carboxylic acids is 1. The fraction of sp³-hybridized carbons (Fsp3) is 0.500. The highest BCUT2D eigenvalue weighted by Crippen LogP contribution is 2.34. The van der Waals surface area contributed by atoms with E-state index in [2.05, 4.69) is 19.2 Å². The second-order valence-corrected chi connectivity index (χ2v) is 5.34. The number of rotatable bonds is 5. The van der Waals surface area contributed by atoms with Gasteiger partial charge in [-0.1, -0.05) is 25.4 Å². The molecule has 0 bridgehead atoms. The predicted molar refractivity (Wildman–Crippen MR) is 77.1 cm³/mol. The number of amides is 1. The van der Waals surface area contributed by atoms with E-state index in [0.717, 1.165) is 24.4 Å². The van der Waals surface area contributed by atoms with Gasteiger partial charge in [-0.15, -0.1) is 0 Å². The Labute approximate surface area is 118 Å². The monoisotopic (exact) mass is 282 g/mol. The lowest BCUT2D eigenvalue weighted by Crippen LogP contribution is -2.40. The van der Waals surface area contributed by atoms with Gasteiger partial charge in [-0.05, 0) is 31.2 Å². The maximum absolute atomic E-state index is 11.9. The SMILES string of the molecule is CC(C)NCCCN1C(=O)COc2ccc(Cl)cc21. The summed E-state index contributed by atoms with van der Waals surface area (Å²) in [6.07, 6.45) is 0.899. The van der Waals surface area contributed by atoms with Crippen LogP contribution >= 0.6 is 11.6 Å². The van der Waals surface area contributed by atoms with Gasteiger partial charge in [0, 0.05) is 17.6 Å². The van der Waals surface area contributed by atoms with Gasteiger partial charge < -0.3 is 15.0 Å². The summed E-state index contributed by atoms with van der Waals surface area (Å²) < 4.78 is 5.40. The summed E-state index contributed by atoms with van der Waals surface area (Å²) in [6, 6.07) is 5.82. The molecule has 0 saturated carbocycles. The summed E-state index contributed by atoms with van der Waals surface area (Å²) in [4.78, 5) is 13.7. The standard InChI is InChI=1S/C14H19ClN2O2/c1-10(2)16-6-3-7-17-12-8-11(15)4-5-13(12)19-9-14(17)18/h4-5,8,10,16H,3,6-7,9H2,1-2H3. The summed E-state index contributed by atoms with van der Waals surface area (Å²) in [5.41, 5.74) is 0.772. The highest BCUT2D eigenvalue weighted by atomic mass is 35.5. The Bertz CT molecular complexity index is 463. The molecule has 0 atom stereocenters. The van der Waals surface area contributed by atoms with Crippen molar-refractivity contribution in [3.8, 4) is 5.75 Å². The molecule has 0 unspecified atom stereocenters. The topological polar surface area (TPSA) is 41.6 Å². The Morgan fingerprint density at radius 1 is 1.47 bits per heavy atom. The molecule has 2 rings (SSSR count). The fourth-order valence-corrected chi connectivity index (χ4v) is 2.21. The number of hydrogen-bond donors (Lipinski definition) is 1. The van der Waals surface area contributed by atoms with E-state index in [1.54, 1.807) is 17.0 Å². The van der Waals surface area contributed by atoms with Crippen LogP contribution in [0.3, 0.4) is 0 Å². The van der Waals surface area contributed by atoms with E-state index in [1.807, 2.05) is 6.07 Å². The first kappa shape index (κ1) is 14.2. The third kappa shape index (κ3) is 3.61. The first-order chi connectivity index (χ1) is 9.08. The second-order valence-electron chi connectivity index (χ2n) is 4.91. The molecule has 1 N–H and O–H groups in total. The van der Waals surface area contributed by atoms with Gasteiger partial charge in [0.25, 0.3) is 5.91 Å². The molecule has 0 aromatic heterocycles. The number of nitrogens with one attached hydrogen (secondary N) is 1. The molecule has 0 saturated heterocycles. The molecule has 19 heavy (non-hydrogen) atoms. The zero-order valence-corrected chi connectivity index (χ0v) is 12.0. The molecule has 1 aromatic rings. The minimum Gasteiger partial charge on any atom is -0.482 e. The number of carbonyl (C=O) groups is 1. The van der Waals surface area contributed by atoms with Gasteiger partial charge in [0.15, 0.2) is 6.61 Å². The Hall–Kier alpha value is -1.26. The third-order valence-electron chi connectivity index (χ3n) is 2.98. The molecule has 1 aromatic carbocycles. The maximum atomic E-state index is 11.9. The lowest BCUT2D eigenvalue weighted by Gasteiger charge is -2.29. The van der Waals surface area contributed by atoms with Crippen molar-refractivity contribution in [2.45, 2.75) is 26.3 Å². The van der Waals surface area contributed by atoms with E-state index in [-0.39, 0.29) is 12.5 Å². The van der Waals surface area contributed by atoms with Crippen LogP contribution in [-0.2, 0) is 4.79 Å². The molecule has 104 valence electrons. The number of benzene rings is 1. The number of anilines is 1. The average Bonchev–Trinajstić information content (AvgIpc) is 2.36. The second kappa shape index (κ2) is 6.26. The Morgan fingerprint density at radius 3 is 3.00 bits per heavy atom. The summed E-state index contributed by atoms with van der Waals surface area (Å²) in [7, 11) is 0. The Balaban J connectivity index is 2.03. The molecular weight excluding hydrogens is 264 g/mol. The zero-order valence-electron chi connectivity index (χ0n) is 11.3. The van der Waals surface area contributed by atoms with Gasteiger partial charge >= 0.3 is 0 Å². The van der Waals surface area contributed by atoms with Gasteiger partial charge in [0.05, 0.1) is 5.69 Å². The van der Waals surface area contributed by atoms with Crippen molar-refractivity contribution in [1.82, 2.24) is 5.32 Å². The fourth-order valence-electron chi connectivity index (χ4n) is 2.05. The third-order valence-corrected chi connectivity index (χ3v) is 3.21. The summed E-state index contributed by atoms with van der Waals surface area (Å²) >= 11 is 5.99. The van der Waals surface area contributed by atoms with Crippen LogP contribution in [0.1, 0.15) is 20.3 Å².